The molecular formula is C7H15N2Na4O15P4+. The van der Waals surface area contributed by atoms with Crippen LogP contribution < -0.4 is 142 Å². The Balaban J connectivity index is -0.000000486. The van der Waals surface area contributed by atoms with Gasteiger partial charge in [-0.3, -0.25) is 0 Å². The predicted octanol–water partition coefficient (Wildman–Crippen LogP) is -18.6. The van der Waals surface area contributed by atoms with E-state index in [-0.39, 0.29) is 124 Å². The zero-order chi connectivity index (χ0) is 21.7. The van der Waals surface area contributed by atoms with Gasteiger partial charge in [-0.25, -0.2) is 9.13 Å². The molecular weight excluding hydrogens is 568 g/mol. The number of hydrogen-bond donors (Lipinski definition) is 6. The van der Waals surface area contributed by atoms with E-state index in [1.807, 2.05) is 0 Å². The van der Waals surface area contributed by atoms with Crippen LogP contribution in [0.2, 0.25) is 0 Å². The first-order chi connectivity index (χ1) is 11.7. The Hall–Kier alpha value is 3.69. The maximum atomic E-state index is 11.1. The third-order valence-corrected chi connectivity index (χ3v) is 10.6. The van der Waals surface area contributed by atoms with Crippen molar-refractivity contribution < 1.29 is 196 Å². The van der Waals surface area contributed by atoms with Gasteiger partial charge >= 0.3 is 118 Å². The van der Waals surface area contributed by atoms with Gasteiger partial charge in [-0.1, -0.05) is 0 Å². The number of rotatable bonds is 8. The molecule has 1 heterocycles. The van der Waals surface area contributed by atoms with Crippen molar-refractivity contribution in [2.45, 2.75) is 23.3 Å². The van der Waals surface area contributed by atoms with E-state index in [4.69, 9.17) is 19.6 Å². The molecule has 1 aromatic rings. The standard InChI is InChI=1S/C7H16N2O14P4.4Na.H2O/c10-6(24(12,13)14,25(15,16)17)3-8-1-2-9(5-8)4-7(11,26(18,19)20)27(21,22)23;;;;;/h1-2,5,10-11H,3-4H2,(H7-,12,13,14,15,16,17,18,19,20,21,22,23);;;;;1H2/q;4*+1;/p-3. The van der Waals surface area contributed by atoms with Crippen molar-refractivity contribution in [3.8, 4) is 0 Å². The summed E-state index contributed by atoms with van der Waals surface area (Å²) in [6.45, 7) is -3.12. The van der Waals surface area contributed by atoms with Gasteiger partial charge < -0.3 is 73.1 Å². The van der Waals surface area contributed by atoms with Gasteiger partial charge in [0.1, 0.15) is 25.5 Å². The van der Waals surface area contributed by atoms with E-state index >= 15 is 0 Å². The molecule has 166 valence electrons. The van der Waals surface area contributed by atoms with Crippen LogP contribution in [0.25, 0.3) is 0 Å². The van der Waals surface area contributed by atoms with Crippen LogP contribution in [0.3, 0.4) is 0 Å². The summed E-state index contributed by atoms with van der Waals surface area (Å²) in [6, 6.07) is 0. The molecule has 0 amide bonds. The van der Waals surface area contributed by atoms with Crippen molar-refractivity contribution in [1.82, 2.24) is 4.57 Å². The van der Waals surface area contributed by atoms with Gasteiger partial charge in [-0.2, -0.15) is 0 Å². The summed E-state index contributed by atoms with van der Waals surface area (Å²) in [4.78, 5) is 80.0. The number of nitrogens with zero attached hydrogens (tertiary/aromatic N) is 2. The molecule has 0 spiro atoms. The monoisotopic (exact) mass is 583 g/mol. The molecule has 1 aromatic heterocycles. The first-order valence-electron chi connectivity index (χ1n) is 6.31. The molecule has 25 heteroatoms. The zero-order valence-electron chi connectivity index (χ0n) is 17.3. The van der Waals surface area contributed by atoms with E-state index in [1.54, 1.807) is 0 Å². The van der Waals surface area contributed by atoms with E-state index in [9.17, 15) is 48.0 Å². The van der Waals surface area contributed by atoms with Crippen molar-refractivity contribution in [3.63, 3.8) is 0 Å². The second-order valence-electron chi connectivity index (χ2n) is 5.39. The minimum atomic E-state index is -6.13. The molecule has 0 aliphatic carbocycles. The molecule has 0 aromatic carbocycles. The fourth-order valence-corrected chi connectivity index (χ4v) is 5.72. The molecule has 4 unspecified atom stereocenters. The molecule has 0 saturated heterocycles. The summed E-state index contributed by atoms with van der Waals surface area (Å²) in [7, 11) is -24.5. The summed E-state index contributed by atoms with van der Waals surface area (Å²) >= 11 is 0. The topological polar surface area (TPSA) is 322 Å². The molecule has 8 N–H and O–H groups in total. The van der Waals surface area contributed by atoms with Gasteiger partial charge in [0, 0.05) is 0 Å². The Morgan fingerprint density at radius 2 is 1.06 bits per heavy atom. The van der Waals surface area contributed by atoms with Crippen LogP contribution in [0, 0.1) is 0 Å². The first kappa shape index (κ1) is 45.6. The molecule has 4 atom stereocenters. The van der Waals surface area contributed by atoms with Gasteiger partial charge in [0.2, 0.25) is 16.5 Å². The van der Waals surface area contributed by atoms with Crippen LogP contribution in [0.15, 0.2) is 18.7 Å². The largest absolute Gasteiger partial charge is 1.00 e. The van der Waals surface area contributed by atoms with Crippen LogP contribution in [0.5, 0.6) is 0 Å². The minimum Gasteiger partial charge on any atom is -0.776 e. The van der Waals surface area contributed by atoms with Gasteiger partial charge in [0.25, 0.3) is 0 Å². The summed E-state index contributed by atoms with van der Waals surface area (Å²) in [5, 5.41) is 11.1. The average Bonchev–Trinajstić information content (AvgIpc) is 2.80. The van der Waals surface area contributed by atoms with Crippen LogP contribution in [-0.4, -0.2) is 50.0 Å². The Bertz CT molecular complexity index is 789. The SMILES string of the molecule is O.O=P([O-])(O)C(O)(Cn1cc[n+](CC(O)(P(=O)([O-])O)P(=O)([O-])O)c1)P(=O)([O-])O.[Na+].[Na+].[Na+].[Na+]. The Labute approximate surface area is 269 Å². The fraction of sp³-hybridized carbons (Fsp3) is 0.571. The molecule has 0 radical (unpaired) electrons. The van der Waals surface area contributed by atoms with Crippen molar-refractivity contribution >= 4 is 30.4 Å². The van der Waals surface area contributed by atoms with E-state index in [0.29, 0.717) is 27.9 Å². The van der Waals surface area contributed by atoms with E-state index < -0.39 is 53.6 Å². The minimum absolute atomic E-state index is 0. The Morgan fingerprint density at radius 3 is 1.34 bits per heavy atom. The van der Waals surface area contributed by atoms with Gasteiger partial charge in [-0.05, 0) is 0 Å². The normalized spacial score (nSPS) is 21.8. The third-order valence-electron chi connectivity index (χ3n) is 3.35. The molecule has 17 nitrogen and oxygen atoms in total. The summed E-state index contributed by atoms with van der Waals surface area (Å²) in [6.07, 6.45) is 1.93. The number of aliphatic hydroxyl groups is 2. The van der Waals surface area contributed by atoms with E-state index in [2.05, 4.69) is 0 Å². The van der Waals surface area contributed by atoms with Gasteiger partial charge in [-0.15, -0.1) is 0 Å². The number of aromatic nitrogens is 2. The maximum absolute atomic E-state index is 11.1. The first-order valence-corrected chi connectivity index (χ1v) is 12.6. The second kappa shape index (κ2) is 15.3. The van der Waals surface area contributed by atoms with Crippen LogP contribution in [-0.2, 0) is 31.3 Å². The van der Waals surface area contributed by atoms with Crippen molar-refractivity contribution in [3.05, 3.63) is 18.7 Å². The third kappa shape index (κ3) is 10.5. The molecule has 0 saturated carbocycles. The molecule has 0 aliphatic rings. The molecule has 0 fully saturated rings. The fourth-order valence-electron chi connectivity index (χ4n) is 1.79. The average molecular weight is 583 g/mol. The Kier molecular flexibility index (Phi) is 21.8. The predicted molar refractivity (Wildman–Crippen MR) is 77.4 cm³/mol. The van der Waals surface area contributed by atoms with Crippen LogP contribution in [0.4, 0.5) is 0 Å². The van der Waals surface area contributed by atoms with Crippen molar-refractivity contribution in [2.24, 2.45) is 0 Å². The number of hydrogen-bond acceptors (Lipinski definition) is 10. The summed E-state index contributed by atoms with van der Waals surface area (Å²) in [5.41, 5.74) is 0. The quantitative estimate of drug-likeness (QED) is 0.0941. The van der Waals surface area contributed by atoms with E-state index in [1.165, 1.54) is 0 Å². The smallest absolute Gasteiger partial charge is 0.776 e. The van der Waals surface area contributed by atoms with Crippen LogP contribution >= 0.6 is 30.4 Å². The van der Waals surface area contributed by atoms with Crippen molar-refractivity contribution in [2.75, 3.05) is 0 Å². The molecule has 0 bridgehead atoms. The maximum Gasteiger partial charge on any atom is 1.00 e. The van der Waals surface area contributed by atoms with Gasteiger partial charge in [0.05, 0.1) is 0 Å². The summed E-state index contributed by atoms with van der Waals surface area (Å²) in [5.74, 6) is 0. The van der Waals surface area contributed by atoms with Crippen LogP contribution in [0.1, 0.15) is 0 Å². The van der Waals surface area contributed by atoms with Crippen molar-refractivity contribution in [1.29, 1.82) is 0 Å². The molecule has 1 rings (SSSR count). The molecule has 32 heavy (non-hydrogen) atoms. The van der Waals surface area contributed by atoms with E-state index in [0.717, 1.165) is 0 Å². The van der Waals surface area contributed by atoms with Gasteiger partial charge in [0.15, 0.2) is 30.4 Å². The number of imidazole rings is 1. The zero-order valence-corrected chi connectivity index (χ0v) is 28.9. The second-order valence-corrected chi connectivity index (χ2v) is 13.2. The molecule has 0 aliphatic heterocycles. The summed E-state index contributed by atoms with van der Waals surface area (Å²) < 4.78 is 45.4. The Morgan fingerprint density at radius 1 is 0.750 bits per heavy atom.